The van der Waals surface area contributed by atoms with Crippen LogP contribution in [-0.2, 0) is 65.4 Å². The van der Waals surface area contributed by atoms with Crippen LogP contribution < -0.4 is 0 Å². The standard InChI is InChI=1S/C83H142O17P2/c1-5-9-13-17-21-25-29-33-36-37-38-39-42-45-48-52-56-60-64-68-81(86)94-73-78(99-82(87)69-65-61-57-53-49-43-32-28-24-20-16-12-8-4)75-97-101(89,90)95-71-77(84)72-96-102(91,92)98-76-79(100-83(88)70-66-62-58-54-50-46-41-35-31-27-23-19-15-11-7-3)74-93-80(85)67-63-59-55-51-47-44-40-34-30-26-22-18-14-10-6-2/h9-10,13-14,21-22,25-26,28,32-34,36,38-40,45,47-48,51,77-79,84H,5-8,11-12,15-20,23-24,27,29-31,35,37,41-44,46,49-50,52-76H2,1-4H3,(H,89,90)(H,91,92)/b13-9-,14-10-,25-21-,26-22-,32-28-,36-33-,39-38-,40-34-,48-45-,51-47-. The number of hydrogen-bond acceptors (Lipinski definition) is 15. The number of allylic oxidation sites excluding steroid dienone is 20. The first-order valence-corrected chi connectivity index (χ1v) is 42.8. The van der Waals surface area contributed by atoms with Gasteiger partial charge < -0.3 is 33.8 Å². The largest absolute Gasteiger partial charge is 0.472 e. The Bertz CT molecular complexity index is 2410. The number of esters is 4. The van der Waals surface area contributed by atoms with Crippen molar-refractivity contribution >= 4 is 39.5 Å². The Hall–Kier alpha value is -4.54. The van der Waals surface area contributed by atoms with Gasteiger partial charge in [0.1, 0.15) is 19.3 Å². The molecule has 0 aromatic carbocycles. The molecule has 0 saturated heterocycles. The molecule has 0 rings (SSSR count). The van der Waals surface area contributed by atoms with Gasteiger partial charge in [0.2, 0.25) is 0 Å². The van der Waals surface area contributed by atoms with E-state index in [0.717, 1.165) is 154 Å². The van der Waals surface area contributed by atoms with E-state index < -0.39 is 97.5 Å². The third-order valence-corrected chi connectivity index (χ3v) is 18.3. The van der Waals surface area contributed by atoms with Crippen molar-refractivity contribution in [1.82, 2.24) is 0 Å². The Labute approximate surface area is 619 Å². The average molecular weight is 1470 g/mol. The molecule has 5 unspecified atom stereocenters. The van der Waals surface area contributed by atoms with Gasteiger partial charge in [-0.2, -0.15) is 0 Å². The zero-order valence-electron chi connectivity index (χ0n) is 64.0. The lowest BCUT2D eigenvalue weighted by Gasteiger charge is -2.21. The highest BCUT2D eigenvalue weighted by atomic mass is 31.2. The molecule has 0 aliphatic rings. The summed E-state index contributed by atoms with van der Waals surface area (Å²) in [7, 11) is -9.98. The first-order chi connectivity index (χ1) is 49.7. The normalized spacial score (nSPS) is 14.5. The Balaban J connectivity index is 5.40. The molecule has 3 N–H and O–H groups in total. The first kappa shape index (κ1) is 97.5. The monoisotopic (exact) mass is 1470 g/mol. The molecule has 0 aromatic heterocycles. The molecule has 0 heterocycles. The molecule has 0 bridgehead atoms. The van der Waals surface area contributed by atoms with Crippen LogP contribution in [0.25, 0.3) is 0 Å². The Morgan fingerprint density at radius 1 is 0.284 bits per heavy atom. The van der Waals surface area contributed by atoms with Gasteiger partial charge in [-0.25, -0.2) is 9.13 Å². The van der Waals surface area contributed by atoms with Gasteiger partial charge >= 0.3 is 39.5 Å². The zero-order valence-corrected chi connectivity index (χ0v) is 65.8. The molecule has 0 spiro atoms. The third kappa shape index (κ3) is 73.8. The molecule has 586 valence electrons. The van der Waals surface area contributed by atoms with E-state index in [1.807, 2.05) is 0 Å². The van der Waals surface area contributed by atoms with Gasteiger partial charge in [0.05, 0.1) is 26.4 Å². The number of phosphoric acid groups is 2. The number of ether oxygens (including phenoxy) is 4. The minimum Gasteiger partial charge on any atom is -0.462 e. The van der Waals surface area contributed by atoms with Crippen LogP contribution in [0.2, 0.25) is 0 Å². The molecule has 0 aliphatic carbocycles. The lowest BCUT2D eigenvalue weighted by molar-refractivity contribution is -0.161. The number of carbonyl (C=O) groups excluding carboxylic acids is 4. The number of unbranched alkanes of at least 4 members (excludes halogenated alkanes) is 28. The molecule has 0 aliphatic heterocycles. The van der Waals surface area contributed by atoms with E-state index >= 15 is 0 Å². The van der Waals surface area contributed by atoms with Crippen LogP contribution in [-0.4, -0.2) is 96.7 Å². The summed E-state index contributed by atoms with van der Waals surface area (Å²) in [5.74, 6) is -2.26. The number of rotatable bonds is 74. The molecular formula is C83H142O17P2. The summed E-state index contributed by atoms with van der Waals surface area (Å²) in [4.78, 5) is 73.0. The van der Waals surface area contributed by atoms with E-state index in [2.05, 4.69) is 149 Å². The van der Waals surface area contributed by atoms with E-state index in [4.69, 9.17) is 37.0 Å². The molecule has 5 atom stereocenters. The molecule has 102 heavy (non-hydrogen) atoms. The highest BCUT2D eigenvalue weighted by Crippen LogP contribution is 2.45. The van der Waals surface area contributed by atoms with E-state index in [-0.39, 0.29) is 25.7 Å². The maximum Gasteiger partial charge on any atom is 0.472 e. The lowest BCUT2D eigenvalue weighted by atomic mass is 10.0. The maximum atomic E-state index is 13.1. The fraction of sp³-hybridized carbons (Fsp3) is 0.711. The van der Waals surface area contributed by atoms with Gasteiger partial charge in [0.25, 0.3) is 0 Å². The number of aliphatic hydroxyl groups excluding tert-OH is 1. The number of aliphatic hydroxyl groups is 1. The van der Waals surface area contributed by atoms with Crippen LogP contribution in [0.4, 0.5) is 0 Å². The predicted molar refractivity (Wildman–Crippen MR) is 418 cm³/mol. The second-order valence-electron chi connectivity index (χ2n) is 26.2. The Morgan fingerprint density at radius 2 is 0.510 bits per heavy atom. The molecule has 17 nitrogen and oxygen atoms in total. The third-order valence-electron chi connectivity index (χ3n) is 16.4. The highest BCUT2D eigenvalue weighted by Gasteiger charge is 2.30. The van der Waals surface area contributed by atoms with Gasteiger partial charge in [0, 0.05) is 25.7 Å². The van der Waals surface area contributed by atoms with Crippen molar-refractivity contribution in [2.24, 2.45) is 0 Å². The number of hydrogen-bond donors (Lipinski definition) is 3. The second-order valence-corrected chi connectivity index (χ2v) is 29.2. The van der Waals surface area contributed by atoms with Gasteiger partial charge in [-0.15, -0.1) is 0 Å². The van der Waals surface area contributed by atoms with Crippen molar-refractivity contribution in [1.29, 1.82) is 0 Å². The molecular weight excluding hydrogens is 1330 g/mol. The van der Waals surface area contributed by atoms with Crippen LogP contribution in [0.3, 0.4) is 0 Å². The number of carbonyl (C=O) groups is 4. The Kier molecular flexibility index (Phi) is 71.4. The van der Waals surface area contributed by atoms with Gasteiger partial charge in [0.15, 0.2) is 12.2 Å². The van der Waals surface area contributed by atoms with Crippen molar-refractivity contribution in [3.63, 3.8) is 0 Å². The quantitative estimate of drug-likeness (QED) is 0.0169. The van der Waals surface area contributed by atoms with Crippen LogP contribution in [0, 0.1) is 0 Å². The lowest BCUT2D eigenvalue weighted by Crippen LogP contribution is -2.30. The van der Waals surface area contributed by atoms with Crippen molar-refractivity contribution in [3.05, 3.63) is 122 Å². The molecule has 0 fully saturated rings. The minimum atomic E-state index is -4.99. The summed E-state index contributed by atoms with van der Waals surface area (Å²) in [5, 5.41) is 10.6. The fourth-order valence-corrected chi connectivity index (χ4v) is 12.0. The van der Waals surface area contributed by atoms with Crippen molar-refractivity contribution in [2.75, 3.05) is 39.6 Å². The topological polar surface area (TPSA) is 237 Å². The molecule has 0 radical (unpaired) electrons. The second kappa shape index (κ2) is 74.7. The van der Waals surface area contributed by atoms with E-state index in [0.29, 0.717) is 25.7 Å². The molecule has 0 aromatic rings. The highest BCUT2D eigenvalue weighted by molar-refractivity contribution is 7.47. The molecule has 19 heteroatoms. The van der Waals surface area contributed by atoms with Crippen LogP contribution in [0.5, 0.6) is 0 Å². The van der Waals surface area contributed by atoms with Crippen molar-refractivity contribution in [2.45, 2.75) is 341 Å². The van der Waals surface area contributed by atoms with Crippen LogP contribution >= 0.6 is 15.6 Å². The molecule has 0 amide bonds. The average Bonchev–Trinajstić information content (AvgIpc) is 0.908. The predicted octanol–water partition coefficient (Wildman–Crippen LogP) is 23.1. The fourth-order valence-electron chi connectivity index (χ4n) is 10.4. The van der Waals surface area contributed by atoms with Crippen LogP contribution in [0.15, 0.2) is 122 Å². The van der Waals surface area contributed by atoms with Gasteiger partial charge in [-0.3, -0.25) is 37.3 Å². The van der Waals surface area contributed by atoms with Gasteiger partial charge in [-0.1, -0.05) is 284 Å². The summed E-state index contributed by atoms with van der Waals surface area (Å²) < 4.78 is 68.5. The smallest absolute Gasteiger partial charge is 0.462 e. The van der Waals surface area contributed by atoms with E-state index in [1.54, 1.807) is 0 Å². The minimum absolute atomic E-state index is 0.0748. The van der Waals surface area contributed by atoms with Gasteiger partial charge in [-0.05, 0) is 135 Å². The Morgan fingerprint density at radius 3 is 0.833 bits per heavy atom. The summed E-state index contributed by atoms with van der Waals surface area (Å²) in [6, 6.07) is 0. The maximum absolute atomic E-state index is 13.1. The zero-order chi connectivity index (χ0) is 74.6. The first-order valence-electron chi connectivity index (χ1n) is 39.8. The van der Waals surface area contributed by atoms with Crippen molar-refractivity contribution in [3.8, 4) is 0 Å². The number of phosphoric ester groups is 2. The SMILES string of the molecule is CC/C=C\C/C=C\C/C=C\C/C=C\C/C=C\CCCCCC(=O)OCC(COP(=O)(O)OCC(O)COP(=O)(O)OCC(COC(=O)CCCC/C=C\C/C=C\C/C=C\C/C=C\CC)OC(=O)CCCCCCCCCCCCCCCCC)OC(=O)CCCCCCC/C=C\CCCCCC. The molecule has 0 saturated carbocycles. The summed E-state index contributed by atoms with van der Waals surface area (Å²) in [6.07, 6.45) is 81.8. The van der Waals surface area contributed by atoms with E-state index in [1.165, 1.54) is 89.9 Å². The van der Waals surface area contributed by atoms with Crippen molar-refractivity contribution < 1.29 is 80.2 Å². The summed E-state index contributed by atoms with van der Waals surface area (Å²) >= 11 is 0. The van der Waals surface area contributed by atoms with Crippen LogP contribution in [0.1, 0.15) is 323 Å². The van der Waals surface area contributed by atoms with E-state index in [9.17, 15) is 43.2 Å². The summed E-state index contributed by atoms with van der Waals surface area (Å²) in [5.41, 5.74) is 0. The summed E-state index contributed by atoms with van der Waals surface area (Å²) in [6.45, 7) is 4.56.